The Morgan fingerprint density at radius 3 is 2.71 bits per heavy atom. The summed E-state index contributed by atoms with van der Waals surface area (Å²) in [6.07, 6.45) is 5.81. The zero-order valence-electron chi connectivity index (χ0n) is 17.5. The fourth-order valence-corrected chi connectivity index (χ4v) is 5.30. The van der Waals surface area contributed by atoms with Gasteiger partial charge in [-0.05, 0) is 54.0 Å². The van der Waals surface area contributed by atoms with E-state index in [0.29, 0.717) is 13.0 Å². The third-order valence-corrected chi connectivity index (χ3v) is 7.16. The van der Waals surface area contributed by atoms with Crippen molar-refractivity contribution in [1.82, 2.24) is 9.97 Å². The molecule has 0 bridgehead atoms. The van der Waals surface area contributed by atoms with Crippen LogP contribution in [-0.4, -0.2) is 21.6 Å². The number of benzene rings is 2. The number of thioether (sulfide) groups is 1. The standard InChI is InChI=1S/C25H25N3OS2/c1-2-20-10-6-13-22-24(20)27-25(31-22)28(18-19-9-7-15-26-17-19)23(29)14-8-16-30-21-11-4-3-5-12-21/h3-7,9-13,15,17H,2,8,14,16,18H2,1H3. The molecule has 2 aromatic carbocycles. The van der Waals surface area contributed by atoms with Gasteiger partial charge in [0.05, 0.1) is 16.8 Å². The SMILES string of the molecule is CCc1cccc2sc(N(Cc3cccnc3)C(=O)CCCSc3ccccc3)nc12. The average Bonchev–Trinajstić information content (AvgIpc) is 3.25. The van der Waals surface area contributed by atoms with Crippen LogP contribution in [0.5, 0.6) is 0 Å². The third kappa shape index (κ3) is 5.51. The molecule has 0 N–H and O–H groups in total. The lowest BCUT2D eigenvalue weighted by Crippen LogP contribution is -2.30. The zero-order chi connectivity index (χ0) is 21.5. The van der Waals surface area contributed by atoms with E-state index in [2.05, 4.69) is 42.2 Å². The van der Waals surface area contributed by atoms with Crippen LogP contribution in [0.4, 0.5) is 5.13 Å². The highest BCUT2D eigenvalue weighted by molar-refractivity contribution is 7.99. The summed E-state index contributed by atoms with van der Waals surface area (Å²) in [5.74, 6) is 1.02. The molecule has 4 aromatic rings. The van der Waals surface area contributed by atoms with E-state index in [1.165, 1.54) is 10.5 Å². The molecular weight excluding hydrogens is 422 g/mol. The van der Waals surface area contributed by atoms with Gasteiger partial charge >= 0.3 is 0 Å². The minimum absolute atomic E-state index is 0.106. The molecule has 0 saturated heterocycles. The van der Waals surface area contributed by atoms with Gasteiger partial charge in [0, 0.05) is 23.7 Å². The summed E-state index contributed by atoms with van der Waals surface area (Å²) in [5, 5.41) is 0.764. The number of carbonyl (C=O) groups is 1. The van der Waals surface area contributed by atoms with Gasteiger partial charge < -0.3 is 0 Å². The van der Waals surface area contributed by atoms with Crippen LogP contribution < -0.4 is 4.90 Å². The Balaban J connectivity index is 1.50. The van der Waals surface area contributed by atoms with E-state index in [9.17, 15) is 4.79 Å². The number of carbonyl (C=O) groups excluding carboxylic acids is 1. The first-order valence-electron chi connectivity index (χ1n) is 10.5. The van der Waals surface area contributed by atoms with Gasteiger partial charge in [-0.25, -0.2) is 4.98 Å². The fourth-order valence-electron chi connectivity index (χ4n) is 3.40. The van der Waals surface area contributed by atoms with Gasteiger partial charge in [-0.3, -0.25) is 14.7 Å². The van der Waals surface area contributed by atoms with Gasteiger partial charge in [0.15, 0.2) is 5.13 Å². The molecule has 0 aliphatic carbocycles. The Morgan fingerprint density at radius 2 is 1.94 bits per heavy atom. The van der Waals surface area contributed by atoms with E-state index in [-0.39, 0.29) is 5.91 Å². The largest absolute Gasteiger partial charge is 0.284 e. The van der Waals surface area contributed by atoms with Crippen molar-refractivity contribution in [3.63, 3.8) is 0 Å². The zero-order valence-corrected chi connectivity index (χ0v) is 19.2. The topological polar surface area (TPSA) is 46.1 Å². The number of aromatic nitrogens is 2. The Kier molecular flexibility index (Phi) is 7.33. The molecule has 0 spiro atoms. The summed E-state index contributed by atoms with van der Waals surface area (Å²) in [5.41, 5.74) is 3.23. The second-order valence-electron chi connectivity index (χ2n) is 7.22. The Labute approximate surface area is 191 Å². The van der Waals surface area contributed by atoms with Crippen LogP contribution in [0.15, 0.2) is 78.0 Å². The smallest absolute Gasteiger partial charge is 0.229 e. The normalized spacial score (nSPS) is 11.0. The summed E-state index contributed by atoms with van der Waals surface area (Å²) in [6, 6.07) is 20.5. The number of hydrogen-bond donors (Lipinski definition) is 0. The van der Waals surface area contributed by atoms with Crippen molar-refractivity contribution in [2.75, 3.05) is 10.7 Å². The van der Waals surface area contributed by atoms with E-state index < -0.39 is 0 Å². The molecule has 2 heterocycles. The number of fused-ring (bicyclic) bond motifs is 1. The molecule has 0 radical (unpaired) electrons. The molecule has 0 aliphatic rings. The van der Waals surface area contributed by atoms with Gasteiger partial charge in [-0.15, -0.1) is 11.8 Å². The Bertz CT molecular complexity index is 1130. The number of amides is 1. The summed E-state index contributed by atoms with van der Waals surface area (Å²) in [7, 11) is 0. The van der Waals surface area contributed by atoms with Crippen LogP contribution >= 0.6 is 23.1 Å². The highest BCUT2D eigenvalue weighted by atomic mass is 32.2. The number of para-hydroxylation sites is 1. The van der Waals surface area contributed by atoms with Crippen molar-refractivity contribution < 1.29 is 4.79 Å². The number of rotatable bonds is 9. The molecule has 1 amide bonds. The van der Waals surface area contributed by atoms with Crippen molar-refractivity contribution in [3.8, 4) is 0 Å². The number of nitrogens with zero attached hydrogens (tertiary/aromatic N) is 3. The van der Waals surface area contributed by atoms with Gasteiger partial charge in [-0.2, -0.15) is 0 Å². The molecule has 0 saturated carbocycles. The first kappa shape index (κ1) is 21.5. The van der Waals surface area contributed by atoms with Crippen molar-refractivity contribution in [2.24, 2.45) is 0 Å². The van der Waals surface area contributed by atoms with E-state index in [0.717, 1.165) is 39.5 Å². The minimum Gasteiger partial charge on any atom is -0.284 e. The first-order chi connectivity index (χ1) is 15.2. The summed E-state index contributed by atoms with van der Waals surface area (Å²) in [6.45, 7) is 2.62. The molecule has 2 aromatic heterocycles. The molecule has 0 fully saturated rings. The van der Waals surface area contributed by atoms with Gasteiger partial charge in [0.2, 0.25) is 5.91 Å². The molecule has 6 heteroatoms. The minimum atomic E-state index is 0.106. The average molecular weight is 448 g/mol. The highest BCUT2D eigenvalue weighted by Crippen LogP contribution is 2.32. The Morgan fingerprint density at radius 1 is 1.06 bits per heavy atom. The van der Waals surface area contributed by atoms with Crippen LogP contribution in [0, 0.1) is 0 Å². The van der Waals surface area contributed by atoms with E-state index in [1.807, 2.05) is 41.4 Å². The predicted octanol–water partition coefficient (Wildman–Crippen LogP) is 6.36. The molecule has 0 unspecified atom stereocenters. The van der Waals surface area contributed by atoms with Crippen molar-refractivity contribution in [1.29, 1.82) is 0 Å². The van der Waals surface area contributed by atoms with E-state index in [4.69, 9.17) is 4.98 Å². The lowest BCUT2D eigenvalue weighted by molar-refractivity contribution is -0.118. The van der Waals surface area contributed by atoms with E-state index >= 15 is 0 Å². The molecule has 4 rings (SSSR count). The van der Waals surface area contributed by atoms with Crippen LogP contribution in [0.25, 0.3) is 10.2 Å². The number of anilines is 1. The molecule has 0 atom stereocenters. The van der Waals surface area contributed by atoms with E-state index in [1.54, 1.807) is 29.3 Å². The van der Waals surface area contributed by atoms with Crippen LogP contribution in [0.3, 0.4) is 0 Å². The summed E-state index contributed by atoms with van der Waals surface area (Å²) < 4.78 is 1.12. The van der Waals surface area contributed by atoms with Gasteiger partial charge in [0.25, 0.3) is 0 Å². The molecule has 4 nitrogen and oxygen atoms in total. The fraction of sp³-hybridized carbons (Fsp3) is 0.240. The molecule has 31 heavy (non-hydrogen) atoms. The van der Waals surface area contributed by atoms with Crippen molar-refractivity contribution in [3.05, 3.63) is 84.2 Å². The van der Waals surface area contributed by atoms with Crippen molar-refractivity contribution >= 4 is 44.4 Å². The lowest BCUT2D eigenvalue weighted by atomic mass is 10.1. The number of pyridine rings is 1. The Hall–Kier alpha value is -2.70. The van der Waals surface area contributed by atoms with Gasteiger partial charge in [0.1, 0.15) is 0 Å². The second-order valence-corrected chi connectivity index (χ2v) is 9.40. The van der Waals surface area contributed by atoms with Crippen molar-refractivity contribution in [2.45, 2.75) is 37.6 Å². The molecule has 158 valence electrons. The first-order valence-corrected chi connectivity index (χ1v) is 12.3. The second kappa shape index (κ2) is 10.6. The van der Waals surface area contributed by atoms with Crippen LogP contribution in [-0.2, 0) is 17.8 Å². The lowest BCUT2D eigenvalue weighted by Gasteiger charge is -2.20. The number of hydrogen-bond acceptors (Lipinski definition) is 5. The van der Waals surface area contributed by atoms with Gasteiger partial charge in [-0.1, -0.05) is 54.7 Å². The quantitative estimate of drug-likeness (QED) is 0.221. The summed E-state index contributed by atoms with van der Waals surface area (Å²) >= 11 is 3.38. The highest BCUT2D eigenvalue weighted by Gasteiger charge is 2.20. The van der Waals surface area contributed by atoms with Crippen LogP contribution in [0.2, 0.25) is 0 Å². The maximum atomic E-state index is 13.3. The summed E-state index contributed by atoms with van der Waals surface area (Å²) in [4.78, 5) is 25.4. The monoisotopic (exact) mass is 447 g/mol. The number of aryl methyl sites for hydroxylation is 1. The third-order valence-electron chi connectivity index (χ3n) is 5.01. The maximum Gasteiger partial charge on any atom is 0.229 e. The maximum absolute atomic E-state index is 13.3. The molecular formula is C25H25N3OS2. The van der Waals surface area contributed by atoms with Crippen LogP contribution in [0.1, 0.15) is 30.9 Å². The predicted molar refractivity (Wildman–Crippen MR) is 131 cm³/mol. The molecule has 0 aliphatic heterocycles. The number of thiazole rings is 1.